The van der Waals surface area contributed by atoms with E-state index in [0.29, 0.717) is 6.42 Å². The molecule has 1 atom stereocenters. The van der Waals surface area contributed by atoms with Gasteiger partial charge in [-0.15, -0.1) is 0 Å². The molecule has 0 spiro atoms. The molecular formula is C16H28N2O2Si. The van der Waals surface area contributed by atoms with Crippen molar-refractivity contribution in [3.8, 4) is 5.75 Å². The molecule has 5 heteroatoms. The summed E-state index contributed by atoms with van der Waals surface area (Å²) in [7, 11) is -0.212. The fourth-order valence-electron chi connectivity index (χ4n) is 1.67. The third-order valence-electron chi connectivity index (χ3n) is 4.14. The molecule has 1 aromatic rings. The summed E-state index contributed by atoms with van der Waals surface area (Å²) in [6, 6.07) is 7.37. The van der Waals surface area contributed by atoms with Crippen molar-refractivity contribution >= 4 is 14.2 Å². The van der Waals surface area contributed by atoms with Crippen LogP contribution in [0.4, 0.5) is 0 Å². The van der Waals surface area contributed by atoms with E-state index in [4.69, 9.17) is 10.2 Å². The highest BCUT2D eigenvalue weighted by Gasteiger charge is 2.38. The molecule has 0 fully saturated rings. The van der Waals surface area contributed by atoms with Gasteiger partial charge in [-0.2, -0.15) is 0 Å². The van der Waals surface area contributed by atoms with Gasteiger partial charge in [-0.05, 0) is 42.2 Å². The fraction of sp³-hybridized carbons (Fsp3) is 0.562. The number of nitrogens with two attached hydrogens (primary N) is 1. The van der Waals surface area contributed by atoms with Gasteiger partial charge in [0.05, 0.1) is 6.04 Å². The first-order chi connectivity index (χ1) is 9.56. The molecule has 0 aliphatic heterocycles. The highest BCUT2D eigenvalue weighted by Crippen LogP contribution is 2.37. The predicted molar refractivity (Wildman–Crippen MR) is 90.0 cm³/mol. The number of hydrogen-bond donors (Lipinski definition) is 2. The van der Waals surface area contributed by atoms with E-state index in [0.717, 1.165) is 11.3 Å². The number of hydrogen-bond acceptors (Lipinski definition) is 3. The van der Waals surface area contributed by atoms with E-state index in [-0.39, 0.29) is 10.9 Å². The van der Waals surface area contributed by atoms with Crippen LogP contribution in [0.3, 0.4) is 0 Å². The minimum Gasteiger partial charge on any atom is -0.544 e. The molecule has 0 aliphatic carbocycles. The summed E-state index contributed by atoms with van der Waals surface area (Å²) in [5, 5.41) is 2.73. The molecule has 1 unspecified atom stereocenters. The van der Waals surface area contributed by atoms with Gasteiger partial charge in [-0.3, -0.25) is 4.79 Å². The molecule has 0 saturated carbocycles. The third-order valence-corrected chi connectivity index (χ3v) is 8.50. The molecule has 1 rings (SSSR count). The Morgan fingerprint density at radius 3 is 2.24 bits per heavy atom. The summed E-state index contributed by atoms with van der Waals surface area (Å²) in [6.07, 6.45) is 0.528. The van der Waals surface area contributed by atoms with E-state index in [1.54, 1.807) is 7.05 Å². The largest absolute Gasteiger partial charge is 0.544 e. The van der Waals surface area contributed by atoms with Crippen LogP contribution in [-0.2, 0) is 11.2 Å². The number of rotatable bonds is 5. The summed E-state index contributed by atoms with van der Waals surface area (Å²) in [6.45, 7) is 11.1. The van der Waals surface area contributed by atoms with E-state index in [1.165, 1.54) is 0 Å². The van der Waals surface area contributed by atoms with E-state index >= 15 is 0 Å². The first kappa shape index (κ1) is 17.7. The van der Waals surface area contributed by atoms with Crippen LogP contribution in [0.5, 0.6) is 5.75 Å². The summed E-state index contributed by atoms with van der Waals surface area (Å²) in [4.78, 5) is 11.4. The van der Waals surface area contributed by atoms with Crippen LogP contribution in [0.2, 0.25) is 18.1 Å². The summed E-state index contributed by atoms with van der Waals surface area (Å²) in [5.74, 6) is 0.746. The number of carbonyl (C=O) groups is 1. The average Bonchev–Trinajstić information content (AvgIpc) is 2.38. The summed E-state index contributed by atoms with van der Waals surface area (Å²) in [5.41, 5.74) is 6.86. The van der Waals surface area contributed by atoms with Crippen LogP contribution in [0.15, 0.2) is 24.3 Å². The second-order valence-electron chi connectivity index (χ2n) is 6.93. The van der Waals surface area contributed by atoms with Crippen LogP contribution >= 0.6 is 0 Å². The molecule has 0 saturated heterocycles. The van der Waals surface area contributed by atoms with Crippen LogP contribution in [-0.4, -0.2) is 27.3 Å². The molecule has 118 valence electrons. The Balaban J connectivity index is 2.73. The monoisotopic (exact) mass is 308 g/mol. The van der Waals surface area contributed by atoms with Crippen LogP contribution in [0.25, 0.3) is 0 Å². The van der Waals surface area contributed by atoms with Gasteiger partial charge in [0, 0.05) is 7.05 Å². The lowest BCUT2D eigenvalue weighted by Gasteiger charge is -2.36. The number of benzene rings is 1. The quantitative estimate of drug-likeness (QED) is 0.822. The molecule has 1 amide bonds. The molecule has 0 bridgehead atoms. The van der Waals surface area contributed by atoms with Crippen LogP contribution < -0.4 is 15.5 Å². The maximum absolute atomic E-state index is 11.4. The van der Waals surface area contributed by atoms with Crippen LogP contribution in [0, 0.1) is 0 Å². The van der Waals surface area contributed by atoms with E-state index in [2.05, 4.69) is 39.2 Å². The molecule has 1 aromatic carbocycles. The van der Waals surface area contributed by atoms with Gasteiger partial charge < -0.3 is 15.5 Å². The second kappa shape index (κ2) is 6.62. The maximum Gasteiger partial charge on any atom is 0.250 e. The van der Waals surface area contributed by atoms with Crippen molar-refractivity contribution in [1.29, 1.82) is 0 Å². The molecule has 21 heavy (non-hydrogen) atoms. The smallest absolute Gasteiger partial charge is 0.250 e. The lowest BCUT2D eigenvalue weighted by atomic mass is 10.1. The Kier molecular flexibility index (Phi) is 5.59. The van der Waals surface area contributed by atoms with Crippen molar-refractivity contribution in [3.05, 3.63) is 29.8 Å². The lowest BCUT2D eigenvalue weighted by molar-refractivity contribution is -0.121. The van der Waals surface area contributed by atoms with Gasteiger partial charge in [0.15, 0.2) is 0 Å². The topological polar surface area (TPSA) is 64.4 Å². The van der Waals surface area contributed by atoms with E-state index < -0.39 is 14.4 Å². The Morgan fingerprint density at radius 1 is 1.29 bits per heavy atom. The molecule has 0 radical (unpaired) electrons. The number of nitrogens with one attached hydrogen (secondary N) is 1. The molecule has 4 nitrogen and oxygen atoms in total. The average molecular weight is 308 g/mol. The highest BCUT2D eigenvalue weighted by atomic mass is 28.4. The molecule has 0 heterocycles. The predicted octanol–water partition coefficient (Wildman–Crippen LogP) is 2.69. The standard InChI is InChI=1S/C16H28N2O2Si/c1-16(2,3)21(5,6)20-13-9-7-12(8-10-13)11-14(17)15(19)18-4/h7-10,14H,11,17H2,1-6H3,(H,18,19). The van der Waals surface area contributed by atoms with Crippen molar-refractivity contribution in [3.63, 3.8) is 0 Å². The first-order valence-electron chi connectivity index (χ1n) is 7.32. The fourth-order valence-corrected chi connectivity index (χ4v) is 2.70. The van der Waals surface area contributed by atoms with Crippen molar-refractivity contribution < 1.29 is 9.22 Å². The van der Waals surface area contributed by atoms with Gasteiger partial charge in [-0.25, -0.2) is 0 Å². The van der Waals surface area contributed by atoms with E-state index in [1.807, 2.05) is 24.3 Å². The van der Waals surface area contributed by atoms with Crippen molar-refractivity contribution in [1.82, 2.24) is 5.32 Å². The highest BCUT2D eigenvalue weighted by molar-refractivity contribution is 6.74. The van der Waals surface area contributed by atoms with Gasteiger partial charge in [-0.1, -0.05) is 32.9 Å². The molecule has 0 aliphatic rings. The van der Waals surface area contributed by atoms with Crippen LogP contribution in [0.1, 0.15) is 26.3 Å². The molecule has 3 N–H and O–H groups in total. The zero-order chi connectivity index (χ0) is 16.3. The Labute approximate surface area is 129 Å². The summed E-state index contributed by atoms with van der Waals surface area (Å²) < 4.78 is 6.22. The number of carbonyl (C=O) groups excluding carboxylic acids is 1. The summed E-state index contributed by atoms with van der Waals surface area (Å²) >= 11 is 0. The number of amides is 1. The second-order valence-corrected chi connectivity index (χ2v) is 11.7. The Hall–Kier alpha value is -1.33. The maximum atomic E-state index is 11.4. The van der Waals surface area contributed by atoms with Gasteiger partial charge in [0.1, 0.15) is 5.75 Å². The minimum absolute atomic E-state index is 0.142. The zero-order valence-electron chi connectivity index (χ0n) is 14.0. The van der Waals surface area contributed by atoms with Crippen molar-refractivity contribution in [2.24, 2.45) is 5.73 Å². The van der Waals surface area contributed by atoms with Crippen molar-refractivity contribution in [2.75, 3.05) is 7.05 Å². The normalized spacial score (nSPS) is 13.7. The lowest BCUT2D eigenvalue weighted by Crippen LogP contribution is -2.43. The third kappa shape index (κ3) is 4.86. The van der Waals surface area contributed by atoms with E-state index in [9.17, 15) is 4.79 Å². The zero-order valence-corrected chi connectivity index (χ0v) is 15.0. The minimum atomic E-state index is -1.81. The van der Waals surface area contributed by atoms with Gasteiger partial charge >= 0.3 is 0 Å². The van der Waals surface area contributed by atoms with Gasteiger partial charge in [0.25, 0.3) is 0 Å². The Morgan fingerprint density at radius 2 is 1.81 bits per heavy atom. The van der Waals surface area contributed by atoms with Gasteiger partial charge in [0.2, 0.25) is 14.2 Å². The Bertz CT molecular complexity index is 478. The molecular weight excluding hydrogens is 280 g/mol. The number of likely N-dealkylation sites (N-methyl/N-ethyl adjacent to an activating group) is 1. The molecule has 0 aromatic heterocycles. The first-order valence-corrected chi connectivity index (χ1v) is 10.2. The van der Waals surface area contributed by atoms with Crippen molar-refractivity contribution in [2.45, 2.75) is 51.4 Å². The SMILES string of the molecule is CNC(=O)C(N)Cc1ccc(O[Si](C)(C)C(C)(C)C)cc1.